The smallest absolute Gasteiger partial charge is 0.237 e. The number of carbonyl (C=O) groups excluding carboxylic acids is 1. The molecule has 1 aliphatic carbocycles. The van der Waals surface area contributed by atoms with E-state index in [1.807, 2.05) is 13.8 Å². The summed E-state index contributed by atoms with van der Waals surface area (Å²) < 4.78 is 0. The number of aromatic nitrogens is 2. The van der Waals surface area contributed by atoms with Gasteiger partial charge in [0, 0.05) is 12.0 Å². The molecule has 0 unspecified atom stereocenters. The fourth-order valence-corrected chi connectivity index (χ4v) is 3.29. The van der Waals surface area contributed by atoms with E-state index in [0.29, 0.717) is 12.0 Å². The molecule has 6 heteroatoms. The van der Waals surface area contributed by atoms with Crippen LogP contribution in [0.3, 0.4) is 0 Å². The topological polar surface area (TPSA) is 66.9 Å². The van der Waals surface area contributed by atoms with Crippen molar-refractivity contribution in [3.63, 3.8) is 0 Å². The molecular weight excluding hydrogens is 260 g/mol. The Morgan fingerprint density at radius 3 is 2.79 bits per heavy atom. The fourth-order valence-electron chi connectivity index (χ4n) is 2.57. The van der Waals surface area contributed by atoms with E-state index >= 15 is 0 Å². The minimum Gasteiger partial charge on any atom is -0.352 e. The number of nitrogens with one attached hydrogen (secondary N) is 2. The van der Waals surface area contributed by atoms with Crippen LogP contribution in [0.15, 0.2) is 5.51 Å². The normalized spacial score (nSPS) is 24.9. The molecule has 0 aromatic carbocycles. The standard InChI is InChI=1S/C13H22N4OS/c1-3-14-9(2)12(18)16-11-6-4-10(5-7-11)13-17-15-8-19-13/h8-11,14H,3-7H2,1-2H3,(H,16,18)/t9-,10-,11-/m1/s1. The first-order chi connectivity index (χ1) is 9.20. The van der Waals surface area contributed by atoms with Gasteiger partial charge in [0.05, 0.1) is 6.04 Å². The summed E-state index contributed by atoms with van der Waals surface area (Å²) in [4.78, 5) is 11.9. The molecule has 1 aromatic rings. The molecule has 1 saturated carbocycles. The van der Waals surface area contributed by atoms with Crippen LogP contribution in [0.2, 0.25) is 0 Å². The van der Waals surface area contributed by atoms with Crippen LogP contribution in [0.1, 0.15) is 50.5 Å². The lowest BCUT2D eigenvalue weighted by Crippen LogP contribution is -2.47. The van der Waals surface area contributed by atoms with E-state index in [1.54, 1.807) is 16.8 Å². The maximum atomic E-state index is 11.9. The predicted octanol–water partition coefficient (Wildman–Crippen LogP) is 1.68. The van der Waals surface area contributed by atoms with Crippen LogP contribution in [-0.4, -0.2) is 34.7 Å². The van der Waals surface area contributed by atoms with Crippen molar-refractivity contribution >= 4 is 17.2 Å². The van der Waals surface area contributed by atoms with Crippen molar-refractivity contribution in [1.29, 1.82) is 0 Å². The van der Waals surface area contributed by atoms with Crippen molar-refractivity contribution in [1.82, 2.24) is 20.8 Å². The van der Waals surface area contributed by atoms with Gasteiger partial charge in [-0.3, -0.25) is 4.79 Å². The van der Waals surface area contributed by atoms with Gasteiger partial charge in [-0.15, -0.1) is 21.5 Å². The third-order valence-electron chi connectivity index (χ3n) is 3.70. The molecule has 1 aromatic heterocycles. The molecule has 1 atom stereocenters. The molecule has 1 aliphatic rings. The van der Waals surface area contributed by atoms with Gasteiger partial charge in [0.15, 0.2) is 0 Å². The molecule has 19 heavy (non-hydrogen) atoms. The Kier molecular flexibility index (Phi) is 5.27. The molecular formula is C13H22N4OS. The number of hydrogen-bond acceptors (Lipinski definition) is 5. The lowest BCUT2D eigenvalue weighted by atomic mass is 9.86. The van der Waals surface area contributed by atoms with Crippen molar-refractivity contribution in [2.75, 3.05) is 6.54 Å². The lowest BCUT2D eigenvalue weighted by molar-refractivity contribution is -0.123. The molecule has 2 N–H and O–H groups in total. The minimum atomic E-state index is -0.106. The molecule has 5 nitrogen and oxygen atoms in total. The van der Waals surface area contributed by atoms with Crippen LogP contribution in [0, 0.1) is 0 Å². The molecule has 0 spiro atoms. The summed E-state index contributed by atoms with van der Waals surface area (Å²) in [7, 11) is 0. The summed E-state index contributed by atoms with van der Waals surface area (Å²) in [5.74, 6) is 0.646. The summed E-state index contributed by atoms with van der Waals surface area (Å²) in [5, 5.41) is 15.5. The monoisotopic (exact) mass is 282 g/mol. The van der Waals surface area contributed by atoms with Crippen molar-refractivity contribution < 1.29 is 4.79 Å². The molecule has 1 amide bonds. The molecule has 1 fully saturated rings. The maximum absolute atomic E-state index is 11.9. The van der Waals surface area contributed by atoms with Crippen molar-refractivity contribution in [3.8, 4) is 0 Å². The van der Waals surface area contributed by atoms with E-state index in [1.165, 1.54) is 0 Å². The zero-order chi connectivity index (χ0) is 13.7. The minimum absolute atomic E-state index is 0.106. The second-order valence-electron chi connectivity index (χ2n) is 5.11. The Labute approximate surface area is 118 Å². The quantitative estimate of drug-likeness (QED) is 0.862. The molecule has 0 aliphatic heterocycles. The van der Waals surface area contributed by atoms with E-state index in [4.69, 9.17) is 0 Å². The summed E-state index contributed by atoms with van der Waals surface area (Å²) in [6, 6.07) is 0.212. The summed E-state index contributed by atoms with van der Waals surface area (Å²) in [6.07, 6.45) is 4.26. The van der Waals surface area contributed by atoms with E-state index in [2.05, 4.69) is 20.8 Å². The lowest BCUT2D eigenvalue weighted by Gasteiger charge is -2.28. The Hall–Kier alpha value is -1.01. The average Bonchev–Trinajstić information content (AvgIpc) is 2.94. The zero-order valence-corrected chi connectivity index (χ0v) is 12.4. The highest BCUT2D eigenvalue weighted by Gasteiger charge is 2.26. The largest absolute Gasteiger partial charge is 0.352 e. The van der Waals surface area contributed by atoms with Gasteiger partial charge in [-0.1, -0.05) is 6.92 Å². The number of hydrogen-bond donors (Lipinski definition) is 2. The number of likely N-dealkylation sites (N-methyl/N-ethyl adjacent to an activating group) is 1. The van der Waals surface area contributed by atoms with Crippen LogP contribution in [-0.2, 0) is 4.79 Å². The summed E-state index contributed by atoms with van der Waals surface area (Å²) in [6.45, 7) is 4.74. The number of amides is 1. The highest BCUT2D eigenvalue weighted by Crippen LogP contribution is 2.33. The van der Waals surface area contributed by atoms with E-state index in [0.717, 1.165) is 37.2 Å². The van der Waals surface area contributed by atoms with Gasteiger partial charge in [-0.2, -0.15) is 0 Å². The first kappa shape index (κ1) is 14.4. The van der Waals surface area contributed by atoms with Crippen LogP contribution in [0.25, 0.3) is 0 Å². The Bertz CT molecular complexity index is 387. The van der Waals surface area contributed by atoms with Crippen LogP contribution in [0.5, 0.6) is 0 Å². The maximum Gasteiger partial charge on any atom is 0.237 e. The average molecular weight is 282 g/mol. The van der Waals surface area contributed by atoms with Crippen LogP contribution < -0.4 is 10.6 Å². The molecule has 2 rings (SSSR count). The second kappa shape index (κ2) is 6.96. The first-order valence-corrected chi connectivity index (χ1v) is 7.88. The Balaban J connectivity index is 1.76. The van der Waals surface area contributed by atoms with E-state index in [9.17, 15) is 4.79 Å². The van der Waals surface area contributed by atoms with Gasteiger partial charge in [0.2, 0.25) is 5.91 Å². The van der Waals surface area contributed by atoms with E-state index in [-0.39, 0.29) is 11.9 Å². The van der Waals surface area contributed by atoms with Crippen LogP contribution in [0.4, 0.5) is 0 Å². The van der Waals surface area contributed by atoms with Gasteiger partial charge in [0.1, 0.15) is 10.5 Å². The second-order valence-corrected chi connectivity index (χ2v) is 5.98. The molecule has 106 valence electrons. The van der Waals surface area contributed by atoms with Gasteiger partial charge in [-0.05, 0) is 39.2 Å². The van der Waals surface area contributed by atoms with Crippen molar-refractivity contribution in [2.24, 2.45) is 0 Å². The first-order valence-electron chi connectivity index (χ1n) is 7.00. The molecule has 1 heterocycles. The Morgan fingerprint density at radius 1 is 1.47 bits per heavy atom. The van der Waals surface area contributed by atoms with E-state index < -0.39 is 0 Å². The number of rotatable bonds is 5. The summed E-state index contributed by atoms with van der Waals surface area (Å²) >= 11 is 1.64. The van der Waals surface area contributed by atoms with Crippen molar-refractivity contribution in [2.45, 2.75) is 57.5 Å². The van der Waals surface area contributed by atoms with Gasteiger partial charge in [0.25, 0.3) is 0 Å². The highest BCUT2D eigenvalue weighted by molar-refractivity contribution is 7.09. The molecule has 0 radical (unpaired) electrons. The summed E-state index contributed by atoms with van der Waals surface area (Å²) in [5.41, 5.74) is 1.79. The number of nitrogens with zero attached hydrogens (tertiary/aromatic N) is 2. The fraction of sp³-hybridized carbons (Fsp3) is 0.769. The van der Waals surface area contributed by atoms with Gasteiger partial charge >= 0.3 is 0 Å². The predicted molar refractivity (Wildman–Crippen MR) is 76.2 cm³/mol. The van der Waals surface area contributed by atoms with Crippen molar-refractivity contribution in [3.05, 3.63) is 10.5 Å². The third kappa shape index (κ3) is 3.98. The molecule has 0 saturated heterocycles. The zero-order valence-electron chi connectivity index (χ0n) is 11.6. The number of carbonyl (C=O) groups is 1. The SMILES string of the molecule is CCN[C@H](C)C(=O)N[C@H]1CC[C@H](c2nncs2)CC1. The molecule has 0 bridgehead atoms. The highest BCUT2D eigenvalue weighted by atomic mass is 32.1. The van der Waals surface area contributed by atoms with Gasteiger partial charge < -0.3 is 10.6 Å². The van der Waals surface area contributed by atoms with Crippen LogP contribution >= 0.6 is 11.3 Å². The third-order valence-corrected chi connectivity index (χ3v) is 4.56. The Morgan fingerprint density at radius 2 is 2.21 bits per heavy atom. The van der Waals surface area contributed by atoms with Gasteiger partial charge in [-0.25, -0.2) is 0 Å².